The normalized spacial score (nSPS) is 11.1. The number of rotatable bonds is 5. The van der Waals surface area contributed by atoms with E-state index in [4.69, 9.17) is 4.98 Å². The second-order valence-corrected chi connectivity index (χ2v) is 8.34. The van der Waals surface area contributed by atoms with Crippen molar-refractivity contribution in [3.8, 4) is 21.8 Å². The van der Waals surface area contributed by atoms with Crippen molar-refractivity contribution in [1.29, 1.82) is 0 Å². The van der Waals surface area contributed by atoms with Gasteiger partial charge in [-0.15, -0.1) is 11.3 Å². The number of amides is 1. The van der Waals surface area contributed by atoms with Crippen molar-refractivity contribution in [3.63, 3.8) is 0 Å². The number of hydrogen-bond donors (Lipinski definition) is 1. The van der Waals surface area contributed by atoms with Crippen molar-refractivity contribution in [2.24, 2.45) is 0 Å². The molecule has 1 N–H and O–H groups in total. The summed E-state index contributed by atoms with van der Waals surface area (Å²) in [6, 6.07) is 20.0. The molecule has 0 fully saturated rings. The summed E-state index contributed by atoms with van der Waals surface area (Å²) >= 11 is 1.39. The summed E-state index contributed by atoms with van der Waals surface area (Å²) in [5, 5.41) is 5.54. The lowest BCUT2D eigenvalue weighted by Crippen LogP contribution is -2.16. The molecule has 0 aliphatic carbocycles. The molecule has 0 bridgehead atoms. The quantitative estimate of drug-likeness (QED) is 0.377. The van der Waals surface area contributed by atoms with Gasteiger partial charge >= 0.3 is 0 Å². The van der Waals surface area contributed by atoms with Gasteiger partial charge in [-0.3, -0.25) is 9.20 Å². The lowest BCUT2D eigenvalue weighted by Gasteiger charge is -2.07. The molecule has 0 saturated heterocycles. The fourth-order valence-electron chi connectivity index (χ4n) is 3.55. The number of hydrogen-bond acceptors (Lipinski definition) is 4. The van der Waals surface area contributed by atoms with Crippen LogP contribution in [0.2, 0.25) is 0 Å². The third kappa shape index (κ3) is 4.02. The van der Waals surface area contributed by atoms with Gasteiger partial charge in [-0.25, -0.2) is 14.4 Å². The minimum atomic E-state index is -0.312. The molecule has 158 valence electrons. The number of pyridine rings is 1. The lowest BCUT2D eigenvalue weighted by atomic mass is 10.1. The highest BCUT2D eigenvalue weighted by atomic mass is 32.1. The van der Waals surface area contributed by atoms with E-state index in [1.54, 1.807) is 12.1 Å². The smallest absolute Gasteiger partial charge is 0.231 e. The molecule has 0 atom stereocenters. The number of halogens is 1. The Balaban J connectivity index is 1.43. The van der Waals surface area contributed by atoms with E-state index in [0.29, 0.717) is 27.8 Å². The van der Waals surface area contributed by atoms with Gasteiger partial charge in [0, 0.05) is 22.7 Å². The van der Waals surface area contributed by atoms with E-state index in [0.717, 1.165) is 16.8 Å². The zero-order chi connectivity index (χ0) is 22.1. The lowest BCUT2D eigenvalue weighted by molar-refractivity contribution is -0.115. The number of aryl methyl sites for hydroxylation is 1. The number of carbonyl (C=O) groups is 1. The van der Waals surface area contributed by atoms with Crippen LogP contribution in [0.5, 0.6) is 0 Å². The SMILES string of the molecule is Cc1ccn2c(NC(=O)Cc3csc(-c4cccc(F)c4)n3)c(-c3ccccc3)nc2c1. The third-order valence-electron chi connectivity index (χ3n) is 5.05. The monoisotopic (exact) mass is 442 g/mol. The van der Waals surface area contributed by atoms with Gasteiger partial charge in [0.25, 0.3) is 0 Å². The van der Waals surface area contributed by atoms with Gasteiger partial charge in [0.05, 0.1) is 12.1 Å². The first-order valence-corrected chi connectivity index (χ1v) is 11.0. The molecule has 2 aromatic carbocycles. The summed E-state index contributed by atoms with van der Waals surface area (Å²) in [5.74, 6) is 0.116. The third-order valence-corrected chi connectivity index (χ3v) is 5.99. The molecular formula is C25H19FN4OS. The Morgan fingerprint density at radius 2 is 1.84 bits per heavy atom. The summed E-state index contributed by atoms with van der Waals surface area (Å²) in [4.78, 5) is 22.2. The van der Waals surface area contributed by atoms with E-state index in [1.807, 2.05) is 65.4 Å². The minimum Gasteiger partial charge on any atom is -0.310 e. The molecule has 0 aliphatic rings. The number of fused-ring (bicyclic) bond motifs is 1. The van der Waals surface area contributed by atoms with Gasteiger partial charge in [0.1, 0.15) is 28.0 Å². The highest BCUT2D eigenvalue weighted by Gasteiger charge is 2.17. The summed E-state index contributed by atoms with van der Waals surface area (Å²) in [6.07, 6.45) is 2.02. The average molecular weight is 443 g/mol. The van der Waals surface area contributed by atoms with E-state index in [-0.39, 0.29) is 18.1 Å². The van der Waals surface area contributed by atoms with Crippen LogP contribution < -0.4 is 5.32 Å². The van der Waals surface area contributed by atoms with E-state index in [2.05, 4.69) is 10.3 Å². The van der Waals surface area contributed by atoms with E-state index >= 15 is 0 Å². The molecule has 5 rings (SSSR count). The maximum atomic E-state index is 13.5. The number of aromatic nitrogens is 3. The standard InChI is InChI=1S/C25H19FN4OS/c1-16-10-11-30-21(12-16)28-23(17-6-3-2-4-7-17)24(30)29-22(31)14-20-15-32-25(27-20)18-8-5-9-19(26)13-18/h2-13,15H,14H2,1H3,(H,29,31). The Morgan fingerprint density at radius 3 is 2.66 bits per heavy atom. The van der Waals surface area contributed by atoms with Gasteiger partial charge in [-0.05, 0) is 36.8 Å². The molecule has 0 spiro atoms. The van der Waals surface area contributed by atoms with Crippen LogP contribution in [-0.4, -0.2) is 20.3 Å². The summed E-state index contributed by atoms with van der Waals surface area (Å²) < 4.78 is 15.4. The Kier molecular flexibility index (Phi) is 5.25. The molecule has 3 heterocycles. The Hall–Kier alpha value is -3.84. The predicted molar refractivity (Wildman–Crippen MR) is 125 cm³/mol. The number of thiazole rings is 1. The van der Waals surface area contributed by atoms with Crippen LogP contribution >= 0.6 is 11.3 Å². The molecular weight excluding hydrogens is 423 g/mol. The topological polar surface area (TPSA) is 59.3 Å². The van der Waals surface area contributed by atoms with Gasteiger partial charge in [-0.1, -0.05) is 42.5 Å². The minimum absolute atomic E-state index is 0.110. The van der Waals surface area contributed by atoms with Crippen LogP contribution in [0.15, 0.2) is 78.3 Å². The van der Waals surface area contributed by atoms with Gasteiger partial charge in [0.15, 0.2) is 0 Å². The number of carbonyl (C=O) groups excluding carboxylic acids is 1. The number of nitrogens with zero attached hydrogens (tertiary/aromatic N) is 3. The number of nitrogens with one attached hydrogen (secondary N) is 1. The molecule has 1 amide bonds. The number of benzene rings is 2. The summed E-state index contributed by atoms with van der Waals surface area (Å²) in [7, 11) is 0. The number of imidazole rings is 1. The highest BCUT2D eigenvalue weighted by Crippen LogP contribution is 2.29. The highest BCUT2D eigenvalue weighted by molar-refractivity contribution is 7.13. The first kappa shape index (κ1) is 20.1. The molecule has 5 aromatic rings. The van der Waals surface area contributed by atoms with Crippen molar-refractivity contribution in [2.45, 2.75) is 13.3 Å². The van der Waals surface area contributed by atoms with E-state index in [1.165, 1.54) is 23.5 Å². The molecule has 5 nitrogen and oxygen atoms in total. The molecule has 0 saturated carbocycles. The molecule has 32 heavy (non-hydrogen) atoms. The zero-order valence-corrected chi connectivity index (χ0v) is 18.1. The number of anilines is 1. The first-order valence-electron chi connectivity index (χ1n) is 10.1. The van der Waals surface area contributed by atoms with Crippen LogP contribution in [0.25, 0.3) is 27.5 Å². The Labute approximate surface area is 188 Å². The maximum Gasteiger partial charge on any atom is 0.231 e. The fraction of sp³-hybridized carbons (Fsp3) is 0.0800. The van der Waals surface area contributed by atoms with Crippen molar-refractivity contribution in [1.82, 2.24) is 14.4 Å². The van der Waals surface area contributed by atoms with Gasteiger partial charge < -0.3 is 5.32 Å². The van der Waals surface area contributed by atoms with Crippen LogP contribution in [0, 0.1) is 12.7 Å². The Bertz CT molecular complexity index is 1420. The average Bonchev–Trinajstić information content (AvgIpc) is 3.39. The van der Waals surface area contributed by atoms with Crippen LogP contribution in [0.1, 0.15) is 11.3 Å². The zero-order valence-electron chi connectivity index (χ0n) is 17.2. The van der Waals surface area contributed by atoms with Crippen molar-refractivity contribution in [2.75, 3.05) is 5.32 Å². The van der Waals surface area contributed by atoms with E-state index in [9.17, 15) is 9.18 Å². The molecule has 3 aromatic heterocycles. The van der Waals surface area contributed by atoms with E-state index < -0.39 is 0 Å². The molecule has 0 aliphatic heterocycles. The van der Waals surface area contributed by atoms with Crippen molar-refractivity contribution in [3.05, 3.63) is 95.4 Å². The van der Waals surface area contributed by atoms with Gasteiger partial charge in [-0.2, -0.15) is 0 Å². The predicted octanol–water partition coefficient (Wildman–Crippen LogP) is 5.75. The van der Waals surface area contributed by atoms with Crippen molar-refractivity contribution < 1.29 is 9.18 Å². The van der Waals surface area contributed by atoms with Crippen molar-refractivity contribution >= 4 is 28.7 Å². The Morgan fingerprint density at radius 1 is 1.03 bits per heavy atom. The molecule has 0 unspecified atom stereocenters. The van der Waals surface area contributed by atoms with Crippen LogP contribution in [0.3, 0.4) is 0 Å². The maximum absolute atomic E-state index is 13.5. The molecule has 7 heteroatoms. The largest absolute Gasteiger partial charge is 0.310 e. The van der Waals surface area contributed by atoms with Crippen LogP contribution in [-0.2, 0) is 11.2 Å². The van der Waals surface area contributed by atoms with Crippen LogP contribution in [0.4, 0.5) is 10.2 Å². The summed E-state index contributed by atoms with van der Waals surface area (Å²) in [5.41, 5.74) is 4.82. The second-order valence-electron chi connectivity index (χ2n) is 7.49. The second kappa shape index (κ2) is 8.36. The first-order chi connectivity index (χ1) is 15.6. The van der Waals surface area contributed by atoms with Gasteiger partial charge in [0.2, 0.25) is 5.91 Å². The summed E-state index contributed by atoms with van der Waals surface area (Å²) in [6.45, 7) is 2.01. The fourth-order valence-corrected chi connectivity index (χ4v) is 4.36. The molecule has 0 radical (unpaired) electrons.